The Kier molecular flexibility index (Phi) is 5.27. The van der Waals surface area contributed by atoms with Crippen LogP contribution in [0.4, 0.5) is 11.4 Å². The molecule has 0 bridgehead atoms. The summed E-state index contributed by atoms with van der Waals surface area (Å²) in [6.45, 7) is 0. The Morgan fingerprint density at radius 3 is 2.47 bits per heavy atom. The van der Waals surface area contributed by atoms with Gasteiger partial charge < -0.3 is 20.1 Å². The minimum atomic E-state index is -0.246. The van der Waals surface area contributed by atoms with Crippen LogP contribution in [-0.4, -0.2) is 25.0 Å². The molecule has 0 spiro atoms. The molecular formula is C26H25N3O3. The number of ether oxygens (including phenoxy) is 2. The monoisotopic (exact) mass is 427 g/mol. The quantitative estimate of drug-likeness (QED) is 0.605. The number of pyridine rings is 1. The topological polar surface area (TPSA) is 72.5 Å². The van der Waals surface area contributed by atoms with Crippen molar-refractivity contribution in [2.75, 3.05) is 24.9 Å². The van der Waals surface area contributed by atoms with Crippen LogP contribution in [-0.2, 0) is 4.79 Å². The van der Waals surface area contributed by atoms with Crippen LogP contribution in [0.1, 0.15) is 35.9 Å². The van der Waals surface area contributed by atoms with Gasteiger partial charge in [-0.1, -0.05) is 12.1 Å². The maximum atomic E-state index is 13.6. The lowest BCUT2D eigenvalue weighted by Crippen LogP contribution is -2.27. The van der Waals surface area contributed by atoms with Crippen molar-refractivity contribution < 1.29 is 14.3 Å². The van der Waals surface area contributed by atoms with E-state index in [1.807, 2.05) is 54.6 Å². The molecule has 1 aromatic heterocycles. The Bertz CT molecular complexity index is 1190. The predicted octanol–water partition coefficient (Wildman–Crippen LogP) is 5.08. The van der Waals surface area contributed by atoms with Gasteiger partial charge in [-0.15, -0.1) is 0 Å². The van der Waals surface area contributed by atoms with Crippen LogP contribution in [0.3, 0.4) is 0 Å². The summed E-state index contributed by atoms with van der Waals surface area (Å²) >= 11 is 0. The highest BCUT2D eigenvalue weighted by Crippen LogP contribution is 2.46. The summed E-state index contributed by atoms with van der Waals surface area (Å²) in [5.74, 6) is 1.63. The van der Waals surface area contributed by atoms with Gasteiger partial charge in [-0.2, -0.15) is 0 Å². The standard InChI is InChI=1S/C26H25N3O3/c1-31-18-7-8-24(32-2)19(15-18)17-13-22-25(23(30)14-17)26(16-9-11-27-12-10-16)29-21-6-4-3-5-20(21)28-22/h3-12,15,17,26,28-29H,13-14H2,1-2H3. The summed E-state index contributed by atoms with van der Waals surface area (Å²) in [6.07, 6.45) is 4.63. The van der Waals surface area contributed by atoms with Crippen molar-refractivity contribution in [1.29, 1.82) is 0 Å². The molecule has 2 heterocycles. The van der Waals surface area contributed by atoms with E-state index in [0.717, 1.165) is 45.3 Å². The van der Waals surface area contributed by atoms with Crippen molar-refractivity contribution in [3.63, 3.8) is 0 Å². The van der Waals surface area contributed by atoms with Gasteiger partial charge in [-0.25, -0.2) is 0 Å². The SMILES string of the molecule is COc1ccc(OC)c(C2CC(=O)C3=C(C2)Nc2ccccc2NC3c2ccncc2)c1. The summed E-state index contributed by atoms with van der Waals surface area (Å²) in [7, 11) is 3.30. The van der Waals surface area contributed by atoms with Crippen molar-refractivity contribution in [3.8, 4) is 11.5 Å². The number of nitrogens with zero attached hydrogens (tertiary/aromatic N) is 1. The first-order chi connectivity index (χ1) is 15.7. The maximum absolute atomic E-state index is 13.6. The number of methoxy groups -OCH3 is 2. The minimum absolute atomic E-state index is 0.0119. The molecule has 32 heavy (non-hydrogen) atoms. The molecular weight excluding hydrogens is 402 g/mol. The van der Waals surface area contributed by atoms with E-state index in [4.69, 9.17) is 9.47 Å². The van der Waals surface area contributed by atoms with E-state index in [-0.39, 0.29) is 17.7 Å². The minimum Gasteiger partial charge on any atom is -0.497 e. The summed E-state index contributed by atoms with van der Waals surface area (Å²) < 4.78 is 11.1. The second-order valence-electron chi connectivity index (χ2n) is 8.06. The molecule has 0 saturated heterocycles. The fraction of sp³-hybridized carbons (Fsp3) is 0.231. The van der Waals surface area contributed by atoms with Gasteiger partial charge in [0, 0.05) is 41.6 Å². The molecule has 1 aliphatic heterocycles. The van der Waals surface area contributed by atoms with E-state index in [1.165, 1.54) is 0 Å². The molecule has 0 fully saturated rings. The molecule has 2 N–H and O–H groups in total. The molecule has 6 nitrogen and oxygen atoms in total. The van der Waals surface area contributed by atoms with Gasteiger partial charge in [-0.05, 0) is 54.4 Å². The smallest absolute Gasteiger partial charge is 0.163 e. The molecule has 0 radical (unpaired) electrons. The molecule has 0 amide bonds. The van der Waals surface area contributed by atoms with E-state index < -0.39 is 0 Å². The van der Waals surface area contributed by atoms with Crippen LogP contribution in [0.15, 0.2) is 78.3 Å². The lowest BCUT2D eigenvalue weighted by atomic mass is 9.78. The first-order valence-electron chi connectivity index (χ1n) is 10.7. The zero-order valence-electron chi connectivity index (χ0n) is 18.1. The zero-order valence-corrected chi connectivity index (χ0v) is 18.1. The zero-order chi connectivity index (χ0) is 22.1. The lowest BCUT2D eigenvalue weighted by molar-refractivity contribution is -0.116. The Morgan fingerprint density at radius 2 is 1.72 bits per heavy atom. The van der Waals surface area contributed by atoms with Gasteiger partial charge in [0.15, 0.2) is 5.78 Å². The third kappa shape index (κ3) is 3.58. The van der Waals surface area contributed by atoms with Crippen LogP contribution in [0.2, 0.25) is 0 Å². The maximum Gasteiger partial charge on any atom is 0.163 e. The molecule has 5 rings (SSSR count). The van der Waals surface area contributed by atoms with Gasteiger partial charge in [0.2, 0.25) is 0 Å². The van der Waals surface area contributed by atoms with Gasteiger partial charge in [0.25, 0.3) is 0 Å². The predicted molar refractivity (Wildman–Crippen MR) is 124 cm³/mol. The van der Waals surface area contributed by atoms with Crippen molar-refractivity contribution >= 4 is 17.2 Å². The molecule has 2 unspecified atom stereocenters. The number of allylic oxidation sites excluding steroid dienone is 1. The van der Waals surface area contributed by atoms with Gasteiger partial charge in [-0.3, -0.25) is 9.78 Å². The number of anilines is 2. The van der Waals surface area contributed by atoms with Crippen LogP contribution < -0.4 is 20.1 Å². The fourth-order valence-electron chi connectivity index (χ4n) is 4.68. The van der Waals surface area contributed by atoms with Gasteiger partial charge in [0.05, 0.1) is 31.6 Å². The average molecular weight is 428 g/mol. The number of Topliss-reactive ketones (excluding diaryl/α,β-unsaturated/α-hetero) is 1. The number of rotatable bonds is 4. The molecule has 2 atom stereocenters. The number of carbonyl (C=O) groups excluding carboxylic acids is 1. The van der Waals surface area contributed by atoms with Crippen LogP contribution in [0.25, 0.3) is 0 Å². The van der Waals surface area contributed by atoms with Gasteiger partial charge >= 0.3 is 0 Å². The van der Waals surface area contributed by atoms with E-state index in [0.29, 0.717) is 12.8 Å². The summed E-state index contributed by atoms with van der Waals surface area (Å²) in [5.41, 5.74) is 5.65. The number of nitrogens with one attached hydrogen (secondary N) is 2. The van der Waals surface area contributed by atoms with Crippen molar-refractivity contribution in [3.05, 3.63) is 89.4 Å². The Morgan fingerprint density at radius 1 is 0.938 bits per heavy atom. The number of aromatic nitrogens is 1. The third-order valence-electron chi connectivity index (χ3n) is 6.23. The van der Waals surface area contributed by atoms with E-state index in [9.17, 15) is 4.79 Å². The van der Waals surface area contributed by atoms with Crippen LogP contribution in [0.5, 0.6) is 11.5 Å². The number of carbonyl (C=O) groups is 1. The van der Waals surface area contributed by atoms with Crippen LogP contribution in [0, 0.1) is 0 Å². The lowest BCUT2D eigenvalue weighted by Gasteiger charge is -2.30. The highest BCUT2D eigenvalue weighted by molar-refractivity contribution is 6.01. The second-order valence-corrected chi connectivity index (χ2v) is 8.06. The molecule has 0 saturated carbocycles. The highest BCUT2D eigenvalue weighted by Gasteiger charge is 2.36. The summed E-state index contributed by atoms with van der Waals surface area (Å²) in [6, 6.07) is 17.5. The highest BCUT2D eigenvalue weighted by atomic mass is 16.5. The first-order valence-corrected chi connectivity index (χ1v) is 10.7. The van der Waals surface area contributed by atoms with E-state index in [1.54, 1.807) is 26.6 Å². The van der Waals surface area contributed by atoms with Crippen molar-refractivity contribution in [1.82, 2.24) is 4.98 Å². The number of benzene rings is 2. The number of fused-ring (bicyclic) bond motifs is 1. The molecule has 3 aromatic rings. The Labute approximate surface area is 187 Å². The largest absolute Gasteiger partial charge is 0.497 e. The van der Waals surface area contributed by atoms with Crippen molar-refractivity contribution in [2.45, 2.75) is 24.8 Å². The van der Waals surface area contributed by atoms with Crippen LogP contribution >= 0.6 is 0 Å². The Balaban J connectivity index is 1.61. The van der Waals surface area contributed by atoms with Gasteiger partial charge in [0.1, 0.15) is 11.5 Å². The number of hydrogen-bond donors (Lipinski definition) is 2. The average Bonchev–Trinajstić information content (AvgIpc) is 3.01. The summed E-state index contributed by atoms with van der Waals surface area (Å²) in [4.78, 5) is 17.8. The van der Waals surface area contributed by atoms with E-state index >= 15 is 0 Å². The van der Waals surface area contributed by atoms with E-state index in [2.05, 4.69) is 15.6 Å². The number of para-hydroxylation sites is 2. The molecule has 162 valence electrons. The first kappa shape index (κ1) is 20.1. The molecule has 2 aliphatic rings. The molecule has 2 aromatic carbocycles. The molecule has 1 aliphatic carbocycles. The Hall–Kier alpha value is -3.80. The fourth-order valence-corrected chi connectivity index (χ4v) is 4.68. The summed E-state index contributed by atoms with van der Waals surface area (Å²) in [5, 5.41) is 7.15. The second kappa shape index (κ2) is 8.38. The van der Waals surface area contributed by atoms with Crippen molar-refractivity contribution in [2.24, 2.45) is 0 Å². The number of hydrogen-bond acceptors (Lipinski definition) is 6. The molecule has 6 heteroatoms. The normalized spacial score (nSPS) is 19.8. The third-order valence-corrected chi connectivity index (χ3v) is 6.23. The number of ketones is 1.